The van der Waals surface area contributed by atoms with E-state index in [1.807, 2.05) is 26.8 Å². The average molecular weight is 302 g/mol. The van der Waals surface area contributed by atoms with Crippen LogP contribution in [0.5, 0.6) is 0 Å². The Morgan fingerprint density at radius 2 is 2.18 bits per heavy atom. The Bertz CT molecular complexity index is 634. The molecule has 0 aliphatic carbocycles. The Labute approximate surface area is 130 Å². The Kier molecular flexibility index (Phi) is 5.27. The smallest absolute Gasteiger partial charge is 0.253 e. The standard InChI is InChI=1S/C16H22N4O2/c1-11(5-4-8-21)18-16(22)14-6-7-15(17-10-14)20-13(3)9-12(2)19-20/h6-7,9-11,21H,4-5,8H2,1-3H3,(H,18,22). The highest BCUT2D eigenvalue weighted by Crippen LogP contribution is 2.10. The third kappa shape index (κ3) is 3.92. The fraction of sp³-hybridized carbons (Fsp3) is 0.438. The summed E-state index contributed by atoms with van der Waals surface area (Å²) >= 11 is 0. The van der Waals surface area contributed by atoms with Gasteiger partial charge in [0.25, 0.3) is 5.91 Å². The number of carbonyl (C=O) groups excluding carboxylic acids is 1. The van der Waals surface area contributed by atoms with Gasteiger partial charge in [-0.15, -0.1) is 0 Å². The van der Waals surface area contributed by atoms with Crippen molar-refractivity contribution in [2.45, 2.75) is 39.7 Å². The molecule has 0 saturated heterocycles. The van der Waals surface area contributed by atoms with Crippen molar-refractivity contribution in [3.05, 3.63) is 41.3 Å². The van der Waals surface area contributed by atoms with Crippen molar-refractivity contribution >= 4 is 5.91 Å². The van der Waals surface area contributed by atoms with Crippen LogP contribution in [0.15, 0.2) is 24.4 Å². The fourth-order valence-electron chi connectivity index (χ4n) is 2.28. The number of amides is 1. The predicted molar refractivity (Wildman–Crippen MR) is 84.1 cm³/mol. The first-order chi connectivity index (χ1) is 10.5. The molecule has 0 bridgehead atoms. The van der Waals surface area contributed by atoms with Crippen LogP contribution in [0.1, 0.15) is 41.5 Å². The normalized spacial score (nSPS) is 12.2. The first kappa shape index (κ1) is 16.2. The third-order valence-corrected chi connectivity index (χ3v) is 3.41. The molecule has 0 aromatic carbocycles. The molecule has 0 aliphatic heterocycles. The van der Waals surface area contributed by atoms with E-state index in [9.17, 15) is 4.79 Å². The van der Waals surface area contributed by atoms with Gasteiger partial charge >= 0.3 is 0 Å². The molecule has 6 nitrogen and oxygen atoms in total. The summed E-state index contributed by atoms with van der Waals surface area (Å²) in [6.07, 6.45) is 2.98. The number of aliphatic hydroxyl groups is 1. The quantitative estimate of drug-likeness (QED) is 0.852. The zero-order valence-corrected chi connectivity index (χ0v) is 13.2. The molecule has 2 rings (SSSR count). The minimum atomic E-state index is -0.155. The molecule has 0 saturated carbocycles. The van der Waals surface area contributed by atoms with E-state index < -0.39 is 0 Å². The van der Waals surface area contributed by atoms with Crippen LogP contribution in [0, 0.1) is 13.8 Å². The molecule has 0 fully saturated rings. The lowest BCUT2D eigenvalue weighted by atomic mass is 10.1. The van der Waals surface area contributed by atoms with Gasteiger partial charge in [0.1, 0.15) is 0 Å². The van der Waals surface area contributed by atoms with Crippen LogP contribution in [-0.2, 0) is 0 Å². The van der Waals surface area contributed by atoms with Gasteiger partial charge in [0, 0.05) is 24.5 Å². The number of nitrogens with zero attached hydrogens (tertiary/aromatic N) is 3. The van der Waals surface area contributed by atoms with E-state index in [1.54, 1.807) is 23.0 Å². The van der Waals surface area contributed by atoms with E-state index in [0.29, 0.717) is 17.8 Å². The molecule has 118 valence electrons. The molecular weight excluding hydrogens is 280 g/mol. The summed E-state index contributed by atoms with van der Waals surface area (Å²) < 4.78 is 1.75. The number of aromatic nitrogens is 3. The minimum absolute atomic E-state index is 0.0235. The SMILES string of the molecule is Cc1cc(C)n(-c2ccc(C(=O)NC(C)CCCO)cn2)n1. The molecule has 0 spiro atoms. The summed E-state index contributed by atoms with van der Waals surface area (Å²) in [5.41, 5.74) is 2.44. The van der Waals surface area contributed by atoms with Crippen LogP contribution >= 0.6 is 0 Å². The summed E-state index contributed by atoms with van der Waals surface area (Å²) in [7, 11) is 0. The zero-order chi connectivity index (χ0) is 16.1. The highest BCUT2D eigenvalue weighted by Gasteiger charge is 2.11. The lowest BCUT2D eigenvalue weighted by Gasteiger charge is -2.13. The number of hydrogen-bond donors (Lipinski definition) is 2. The van der Waals surface area contributed by atoms with Crippen LogP contribution in [0.3, 0.4) is 0 Å². The number of pyridine rings is 1. The Hall–Kier alpha value is -2.21. The van der Waals surface area contributed by atoms with E-state index in [-0.39, 0.29) is 18.6 Å². The van der Waals surface area contributed by atoms with Gasteiger partial charge in [-0.3, -0.25) is 4.79 Å². The summed E-state index contributed by atoms with van der Waals surface area (Å²) in [4.78, 5) is 16.4. The van der Waals surface area contributed by atoms with Crippen molar-refractivity contribution in [1.29, 1.82) is 0 Å². The Morgan fingerprint density at radius 1 is 1.41 bits per heavy atom. The van der Waals surface area contributed by atoms with Crippen molar-refractivity contribution in [2.75, 3.05) is 6.61 Å². The highest BCUT2D eigenvalue weighted by atomic mass is 16.3. The molecule has 2 aromatic heterocycles. The molecule has 22 heavy (non-hydrogen) atoms. The number of carbonyl (C=O) groups is 1. The third-order valence-electron chi connectivity index (χ3n) is 3.41. The first-order valence-corrected chi connectivity index (χ1v) is 7.42. The monoisotopic (exact) mass is 302 g/mol. The van der Waals surface area contributed by atoms with E-state index in [0.717, 1.165) is 17.8 Å². The van der Waals surface area contributed by atoms with Crippen LogP contribution < -0.4 is 5.32 Å². The topological polar surface area (TPSA) is 80.0 Å². The highest BCUT2D eigenvalue weighted by molar-refractivity contribution is 5.94. The van der Waals surface area contributed by atoms with E-state index >= 15 is 0 Å². The molecular formula is C16H22N4O2. The number of aliphatic hydroxyl groups excluding tert-OH is 1. The predicted octanol–water partition coefficient (Wildman–Crippen LogP) is 1.77. The largest absolute Gasteiger partial charge is 0.396 e. The van der Waals surface area contributed by atoms with Gasteiger partial charge in [-0.05, 0) is 51.8 Å². The lowest BCUT2D eigenvalue weighted by molar-refractivity contribution is 0.0936. The van der Waals surface area contributed by atoms with Gasteiger partial charge in [-0.1, -0.05) is 0 Å². The molecule has 1 atom stereocenters. The van der Waals surface area contributed by atoms with E-state index in [1.165, 1.54) is 0 Å². The Morgan fingerprint density at radius 3 is 2.73 bits per heavy atom. The number of aryl methyl sites for hydroxylation is 2. The van der Waals surface area contributed by atoms with Crippen LogP contribution in [-0.4, -0.2) is 38.4 Å². The van der Waals surface area contributed by atoms with E-state index in [4.69, 9.17) is 5.11 Å². The molecule has 0 aliphatic rings. The fourth-order valence-corrected chi connectivity index (χ4v) is 2.28. The van der Waals surface area contributed by atoms with Gasteiger partial charge in [0.2, 0.25) is 0 Å². The second kappa shape index (κ2) is 7.17. The average Bonchev–Trinajstić information content (AvgIpc) is 2.84. The summed E-state index contributed by atoms with van der Waals surface area (Å²) in [5, 5.41) is 16.1. The van der Waals surface area contributed by atoms with Gasteiger partial charge in [0.05, 0.1) is 11.3 Å². The lowest BCUT2D eigenvalue weighted by Crippen LogP contribution is -2.32. The van der Waals surface area contributed by atoms with E-state index in [2.05, 4.69) is 15.4 Å². The molecule has 1 unspecified atom stereocenters. The van der Waals surface area contributed by atoms with Crippen molar-refractivity contribution in [1.82, 2.24) is 20.1 Å². The van der Waals surface area contributed by atoms with Gasteiger partial charge < -0.3 is 10.4 Å². The molecule has 2 N–H and O–H groups in total. The Balaban J connectivity index is 2.05. The number of rotatable bonds is 6. The molecule has 2 heterocycles. The molecule has 6 heteroatoms. The maximum atomic E-state index is 12.1. The zero-order valence-electron chi connectivity index (χ0n) is 13.2. The molecule has 0 radical (unpaired) electrons. The number of hydrogen-bond acceptors (Lipinski definition) is 4. The summed E-state index contributed by atoms with van der Waals surface area (Å²) in [6.45, 7) is 5.95. The van der Waals surface area contributed by atoms with Gasteiger partial charge in [-0.2, -0.15) is 5.10 Å². The van der Waals surface area contributed by atoms with Crippen molar-refractivity contribution < 1.29 is 9.90 Å². The molecule has 2 aromatic rings. The van der Waals surface area contributed by atoms with Crippen LogP contribution in [0.2, 0.25) is 0 Å². The van der Waals surface area contributed by atoms with Crippen LogP contribution in [0.25, 0.3) is 5.82 Å². The number of nitrogens with one attached hydrogen (secondary N) is 1. The first-order valence-electron chi connectivity index (χ1n) is 7.42. The maximum Gasteiger partial charge on any atom is 0.253 e. The summed E-state index contributed by atoms with van der Waals surface area (Å²) in [5.74, 6) is 0.535. The van der Waals surface area contributed by atoms with Gasteiger partial charge in [-0.25, -0.2) is 9.67 Å². The second-order valence-corrected chi connectivity index (χ2v) is 5.48. The second-order valence-electron chi connectivity index (χ2n) is 5.48. The minimum Gasteiger partial charge on any atom is -0.396 e. The van der Waals surface area contributed by atoms with Crippen molar-refractivity contribution in [2.24, 2.45) is 0 Å². The van der Waals surface area contributed by atoms with Crippen molar-refractivity contribution in [3.8, 4) is 5.82 Å². The molecule has 1 amide bonds. The van der Waals surface area contributed by atoms with Crippen molar-refractivity contribution in [3.63, 3.8) is 0 Å². The van der Waals surface area contributed by atoms with Gasteiger partial charge in [0.15, 0.2) is 5.82 Å². The maximum absolute atomic E-state index is 12.1. The summed E-state index contributed by atoms with van der Waals surface area (Å²) in [6, 6.07) is 5.53. The van der Waals surface area contributed by atoms with Crippen LogP contribution in [0.4, 0.5) is 0 Å².